The average molecular weight is 449 g/mol. The van der Waals surface area contributed by atoms with Crippen molar-refractivity contribution in [1.82, 2.24) is 30.2 Å². The lowest BCUT2D eigenvalue weighted by molar-refractivity contribution is 0.0681. The Morgan fingerprint density at radius 3 is 2.50 bits per heavy atom. The van der Waals surface area contributed by atoms with Gasteiger partial charge in [0.1, 0.15) is 10.9 Å². The second-order valence-corrected chi connectivity index (χ2v) is 8.15. The van der Waals surface area contributed by atoms with Gasteiger partial charge in [-0.15, -0.1) is 22.0 Å². The zero-order valence-electron chi connectivity index (χ0n) is 17.9. The highest BCUT2D eigenvalue weighted by molar-refractivity contribution is 7.98. The van der Waals surface area contributed by atoms with E-state index >= 15 is 0 Å². The topological polar surface area (TPSA) is 110 Å². The molecule has 2 aromatic carbocycles. The molecule has 0 saturated heterocycles. The normalized spacial score (nSPS) is 11.1. The van der Waals surface area contributed by atoms with Crippen LogP contribution in [-0.4, -0.2) is 47.5 Å². The van der Waals surface area contributed by atoms with Gasteiger partial charge in [0.05, 0.1) is 0 Å². The van der Waals surface area contributed by atoms with Crippen molar-refractivity contribution >= 4 is 17.7 Å². The Hall–Kier alpha value is -3.46. The van der Waals surface area contributed by atoms with E-state index in [4.69, 9.17) is 0 Å². The molecule has 0 atom stereocenters. The molecule has 4 aromatic rings. The number of H-pyrrole nitrogens is 1. The predicted octanol–water partition coefficient (Wildman–Crippen LogP) is 4.54. The minimum Gasteiger partial charge on any atom is -0.476 e. The fourth-order valence-electron chi connectivity index (χ4n) is 3.70. The first kappa shape index (κ1) is 21.8. The highest BCUT2D eigenvalue weighted by atomic mass is 32.2. The van der Waals surface area contributed by atoms with Crippen LogP contribution in [0.1, 0.15) is 41.6 Å². The first-order valence-corrected chi connectivity index (χ1v) is 11.6. The molecule has 0 aliphatic carbocycles. The Balaban J connectivity index is 1.66. The Morgan fingerprint density at radius 2 is 1.88 bits per heavy atom. The lowest BCUT2D eigenvalue weighted by atomic mass is 9.98. The van der Waals surface area contributed by atoms with E-state index in [1.54, 1.807) is 0 Å². The zero-order chi connectivity index (χ0) is 22.5. The van der Waals surface area contributed by atoms with E-state index in [9.17, 15) is 9.90 Å². The highest BCUT2D eigenvalue weighted by Gasteiger charge is 2.22. The third kappa shape index (κ3) is 4.43. The van der Waals surface area contributed by atoms with Crippen molar-refractivity contribution in [2.24, 2.45) is 0 Å². The molecule has 0 spiro atoms. The maximum Gasteiger partial charge on any atom is 0.355 e. The maximum atomic E-state index is 12.0. The first-order chi connectivity index (χ1) is 15.6. The molecule has 2 aromatic heterocycles. The number of thioether (sulfide) groups is 1. The van der Waals surface area contributed by atoms with Crippen molar-refractivity contribution in [3.05, 3.63) is 65.6 Å². The number of carbonyl (C=O) groups is 1. The van der Waals surface area contributed by atoms with Gasteiger partial charge in [0.25, 0.3) is 0 Å². The standard InChI is InChI=1S/C23H24N6O2S/c1-3-4-9-19-24-22(32-2)20(23(30)31)29(19)14-15-10-12-16(13-11-15)17-7-5-6-8-18(17)21-25-27-28-26-21/h5-8,10-13H,3-4,9,14H2,1-2H3,(H,30,31)(H,25,26,27,28). The molecule has 32 heavy (non-hydrogen) atoms. The molecule has 0 fully saturated rings. The number of imidazole rings is 1. The van der Waals surface area contributed by atoms with E-state index in [-0.39, 0.29) is 5.69 Å². The molecular weight excluding hydrogens is 424 g/mol. The number of hydrogen-bond acceptors (Lipinski definition) is 6. The maximum absolute atomic E-state index is 12.0. The molecule has 0 unspecified atom stereocenters. The Bertz CT molecular complexity index is 1200. The van der Waals surface area contributed by atoms with E-state index in [2.05, 4.69) is 32.5 Å². The van der Waals surface area contributed by atoms with Crippen LogP contribution in [0.4, 0.5) is 0 Å². The molecule has 0 aliphatic rings. The van der Waals surface area contributed by atoms with Crippen molar-refractivity contribution in [3.8, 4) is 22.5 Å². The molecule has 2 heterocycles. The van der Waals surface area contributed by atoms with Crippen LogP contribution >= 0.6 is 11.8 Å². The van der Waals surface area contributed by atoms with Crippen LogP contribution < -0.4 is 0 Å². The molecule has 4 rings (SSSR count). The first-order valence-electron chi connectivity index (χ1n) is 10.4. The number of aromatic carboxylic acids is 1. The summed E-state index contributed by atoms with van der Waals surface area (Å²) in [6, 6.07) is 16.0. The SMILES string of the molecule is CCCCc1nc(SC)c(C(=O)O)n1Cc1ccc(-c2ccccc2-c2nn[nH]n2)cc1. The van der Waals surface area contributed by atoms with Gasteiger partial charge in [-0.3, -0.25) is 0 Å². The summed E-state index contributed by atoms with van der Waals surface area (Å²) in [5, 5.41) is 24.7. The van der Waals surface area contributed by atoms with Gasteiger partial charge in [0, 0.05) is 18.5 Å². The third-order valence-corrected chi connectivity index (χ3v) is 5.95. The van der Waals surface area contributed by atoms with Gasteiger partial charge in [-0.25, -0.2) is 9.78 Å². The molecular formula is C23H24N6O2S. The van der Waals surface area contributed by atoms with Crippen molar-refractivity contribution in [3.63, 3.8) is 0 Å². The molecule has 0 bridgehead atoms. The minimum absolute atomic E-state index is 0.259. The Labute approximate surface area is 190 Å². The van der Waals surface area contributed by atoms with Crippen molar-refractivity contribution in [1.29, 1.82) is 0 Å². The number of aromatic nitrogens is 6. The van der Waals surface area contributed by atoms with Crippen LogP contribution in [0.3, 0.4) is 0 Å². The number of hydrogen-bond donors (Lipinski definition) is 2. The van der Waals surface area contributed by atoms with Gasteiger partial charge in [-0.2, -0.15) is 5.21 Å². The number of unbranched alkanes of at least 4 members (excludes halogenated alkanes) is 1. The number of nitrogens with zero attached hydrogens (tertiary/aromatic N) is 5. The lowest BCUT2D eigenvalue weighted by Crippen LogP contribution is -2.13. The quantitative estimate of drug-likeness (QED) is 0.362. The fourth-order valence-corrected chi connectivity index (χ4v) is 4.29. The summed E-state index contributed by atoms with van der Waals surface area (Å²) in [7, 11) is 0. The van der Waals surface area contributed by atoms with E-state index in [1.165, 1.54) is 11.8 Å². The predicted molar refractivity (Wildman–Crippen MR) is 124 cm³/mol. The number of rotatable bonds is 9. The monoisotopic (exact) mass is 448 g/mol. The second kappa shape index (κ2) is 9.78. The van der Waals surface area contributed by atoms with E-state index in [0.29, 0.717) is 17.4 Å². The van der Waals surface area contributed by atoms with Crippen LogP contribution in [-0.2, 0) is 13.0 Å². The van der Waals surface area contributed by atoms with Crippen LogP contribution in [0.5, 0.6) is 0 Å². The van der Waals surface area contributed by atoms with Gasteiger partial charge >= 0.3 is 5.97 Å². The lowest BCUT2D eigenvalue weighted by Gasteiger charge is -2.12. The van der Waals surface area contributed by atoms with E-state index in [0.717, 1.165) is 47.3 Å². The summed E-state index contributed by atoms with van der Waals surface area (Å²) in [6.07, 6.45) is 4.61. The van der Waals surface area contributed by atoms with Crippen LogP contribution in [0.2, 0.25) is 0 Å². The third-order valence-electron chi connectivity index (χ3n) is 5.28. The molecule has 8 nitrogen and oxygen atoms in total. The summed E-state index contributed by atoms with van der Waals surface area (Å²) in [4.78, 5) is 16.6. The molecule has 9 heteroatoms. The zero-order valence-corrected chi connectivity index (χ0v) is 18.8. The molecule has 0 saturated carbocycles. The molecule has 0 radical (unpaired) electrons. The van der Waals surface area contributed by atoms with Gasteiger partial charge in [-0.05, 0) is 34.6 Å². The molecule has 0 amide bonds. The van der Waals surface area contributed by atoms with Gasteiger partial charge in [0.2, 0.25) is 5.82 Å². The molecule has 2 N–H and O–H groups in total. The van der Waals surface area contributed by atoms with Crippen LogP contribution in [0, 0.1) is 0 Å². The van der Waals surface area contributed by atoms with E-state index in [1.807, 2.05) is 59.4 Å². The van der Waals surface area contributed by atoms with Crippen LogP contribution in [0.15, 0.2) is 53.6 Å². The van der Waals surface area contributed by atoms with Crippen LogP contribution in [0.25, 0.3) is 22.5 Å². The van der Waals surface area contributed by atoms with Gasteiger partial charge < -0.3 is 9.67 Å². The summed E-state index contributed by atoms with van der Waals surface area (Å²) < 4.78 is 1.84. The number of nitrogens with one attached hydrogen (secondary N) is 1. The fraction of sp³-hybridized carbons (Fsp3) is 0.261. The largest absolute Gasteiger partial charge is 0.476 e. The summed E-state index contributed by atoms with van der Waals surface area (Å²) in [5.41, 5.74) is 4.19. The number of benzene rings is 2. The van der Waals surface area contributed by atoms with Gasteiger partial charge in [0.15, 0.2) is 5.69 Å². The Kier molecular flexibility index (Phi) is 6.65. The molecule has 0 aliphatic heterocycles. The highest BCUT2D eigenvalue weighted by Crippen LogP contribution is 2.30. The average Bonchev–Trinajstić information content (AvgIpc) is 3.46. The number of aryl methyl sites for hydroxylation is 1. The second-order valence-electron chi connectivity index (χ2n) is 7.36. The number of carboxylic acids is 1. The Morgan fingerprint density at radius 1 is 1.12 bits per heavy atom. The van der Waals surface area contributed by atoms with Gasteiger partial charge in [-0.1, -0.05) is 61.9 Å². The number of aromatic amines is 1. The number of carboxylic acid groups (broad SMARTS) is 1. The summed E-state index contributed by atoms with van der Waals surface area (Å²) >= 11 is 1.37. The summed E-state index contributed by atoms with van der Waals surface area (Å²) in [6.45, 7) is 2.58. The van der Waals surface area contributed by atoms with E-state index < -0.39 is 5.97 Å². The number of tetrazole rings is 1. The minimum atomic E-state index is -0.949. The van der Waals surface area contributed by atoms with Crippen molar-refractivity contribution in [2.45, 2.75) is 37.8 Å². The van der Waals surface area contributed by atoms with Crippen molar-refractivity contribution < 1.29 is 9.90 Å². The van der Waals surface area contributed by atoms with Crippen molar-refractivity contribution in [2.75, 3.05) is 6.26 Å². The molecule has 164 valence electrons. The summed E-state index contributed by atoms with van der Waals surface area (Å²) in [5.74, 6) is 0.412. The smallest absolute Gasteiger partial charge is 0.355 e.